The largest absolute Gasteiger partial charge is 0.504 e. The van der Waals surface area contributed by atoms with E-state index in [0.29, 0.717) is 37.1 Å². The van der Waals surface area contributed by atoms with Crippen LogP contribution in [0.15, 0.2) is 127 Å². The molecule has 0 amide bonds. The number of hydrogen-bond acceptors (Lipinski definition) is 9. The van der Waals surface area contributed by atoms with Crippen molar-refractivity contribution in [1.82, 2.24) is 0 Å². The van der Waals surface area contributed by atoms with E-state index in [9.17, 15) is 15.3 Å². The molecule has 0 fully saturated rings. The molecule has 0 aliphatic rings. The molecule has 4 aromatic rings. The molecule has 4 rings (SSSR count). The molecule has 0 aromatic heterocycles. The predicted molar refractivity (Wildman–Crippen MR) is 184 cm³/mol. The number of phenolic OH excluding ortho intramolecular Hbond substituents is 3. The topological polar surface area (TPSA) is 116 Å². The highest BCUT2D eigenvalue weighted by molar-refractivity contribution is 5.39. The zero-order valence-corrected chi connectivity index (χ0v) is 26.9. The van der Waals surface area contributed by atoms with Crippen LogP contribution in [0, 0.1) is 0 Å². The van der Waals surface area contributed by atoms with Crippen LogP contribution in [0.1, 0.15) is 16.7 Å². The molecular formula is C39H42O9. The van der Waals surface area contributed by atoms with E-state index in [1.807, 2.05) is 18.2 Å². The summed E-state index contributed by atoms with van der Waals surface area (Å²) in [5.41, 5.74) is 4.92. The van der Waals surface area contributed by atoms with Gasteiger partial charge >= 0.3 is 0 Å². The van der Waals surface area contributed by atoms with Crippen LogP contribution in [-0.4, -0.2) is 55.0 Å². The molecule has 4 aromatic carbocycles. The summed E-state index contributed by atoms with van der Waals surface area (Å²) in [4.78, 5) is 0. The van der Waals surface area contributed by atoms with Crippen LogP contribution in [0.3, 0.4) is 0 Å². The SMILES string of the molecule is C=C(COCc1cc(COCC(=C)COc2ccccc2O)cc(COCC(=C)COc2ccccc2O)c1)COc1ccccc1O. The molecule has 9 nitrogen and oxygen atoms in total. The normalized spacial score (nSPS) is 10.8. The van der Waals surface area contributed by atoms with Gasteiger partial charge in [-0.25, -0.2) is 0 Å². The first-order valence-electron chi connectivity index (χ1n) is 15.3. The van der Waals surface area contributed by atoms with Crippen molar-refractivity contribution in [3.8, 4) is 34.5 Å². The van der Waals surface area contributed by atoms with E-state index in [0.717, 1.165) is 33.4 Å². The van der Waals surface area contributed by atoms with Crippen LogP contribution < -0.4 is 14.2 Å². The third kappa shape index (κ3) is 12.2. The van der Waals surface area contributed by atoms with Crippen molar-refractivity contribution in [1.29, 1.82) is 0 Å². The van der Waals surface area contributed by atoms with Gasteiger partial charge < -0.3 is 43.7 Å². The van der Waals surface area contributed by atoms with Crippen molar-refractivity contribution in [3.63, 3.8) is 0 Å². The molecule has 0 saturated heterocycles. The predicted octanol–water partition coefficient (Wildman–Crippen LogP) is 7.26. The average molecular weight is 655 g/mol. The van der Waals surface area contributed by atoms with Gasteiger partial charge in [-0.05, 0) is 69.8 Å². The molecular weight excluding hydrogens is 612 g/mol. The quantitative estimate of drug-likeness (QED) is 0.0799. The number of rotatable bonds is 21. The summed E-state index contributed by atoms with van der Waals surface area (Å²) in [7, 11) is 0. The lowest BCUT2D eigenvalue weighted by atomic mass is 10.1. The van der Waals surface area contributed by atoms with Crippen molar-refractivity contribution in [3.05, 3.63) is 144 Å². The first-order valence-corrected chi connectivity index (χ1v) is 15.3. The average Bonchev–Trinajstić information content (AvgIpc) is 3.07. The third-order valence-electron chi connectivity index (χ3n) is 6.73. The number of benzene rings is 4. The Hall–Kier alpha value is -5.22. The summed E-state index contributed by atoms with van der Waals surface area (Å²) >= 11 is 0. The van der Waals surface area contributed by atoms with Gasteiger partial charge in [0.05, 0.1) is 39.6 Å². The summed E-state index contributed by atoms with van der Waals surface area (Å²) in [5.74, 6) is 1.36. The lowest BCUT2D eigenvalue weighted by Crippen LogP contribution is -2.09. The van der Waals surface area contributed by atoms with Gasteiger partial charge in [-0.15, -0.1) is 0 Å². The van der Waals surface area contributed by atoms with Gasteiger partial charge in [-0.3, -0.25) is 0 Å². The number of para-hydroxylation sites is 6. The Bertz CT molecular complexity index is 1460. The van der Waals surface area contributed by atoms with E-state index < -0.39 is 0 Å². The molecule has 0 spiro atoms. The molecule has 0 aliphatic heterocycles. The fourth-order valence-electron chi connectivity index (χ4n) is 4.43. The van der Waals surface area contributed by atoms with E-state index in [4.69, 9.17) is 28.4 Å². The number of phenols is 3. The van der Waals surface area contributed by atoms with E-state index in [2.05, 4.69) is 19.7 Å². The highest BCUT2D eigenvalue weighted by Crippen LogP contribution is 2.26. The maximum absolute atomic E-state index is 9.91. The van der Waals surface area contributed by atoms with E-state index in [1.54, 1.807) is 72.8 Å². The van der Waals surface area contributed by atoms with Gasteiger partial charge in [0.1, 0.15) is 19.8 Å². The second-order valence-corrected chi connectivity index (χ2v) is 11.2. The molecule has 3 N–H and O–H groups in total. The zero-order chi connectivity index (χ0) is 34.1. The molecule has 0 atom stereocenters. The van der Waals surface area contributed by atoms with Gasteiger partial charge in [0.25, 0.3) is 0 Å². The molecule has 0 unspecified atom stereocenters. The highest BCUT2D eigenvalue weighted by atomic mass is 16.5. The molecule has 252 valence electrons. The monoisotopic (exact) mass is 654 g/mol. The maximum atomic E-state index is 9.91. The smallest absolute Gasteiger partial charge is 0.161 e. The summed E-state index contributed by atoms with van der Waals surface area (Å²) < 4.78 is 34.7. The Morgan fingerprint density at radius 2 is 0.688 bits per heavy atom. The van der Waals surface area contributed by atoms with Crippen LogP contribution in [-0.2, 0) is 34.0 Å². The van der Waals surface area contributed by atoms with Crippen LogP contribution in [0.4, 0.5) is 0 Å². The molecule has 9 heteroatoms. The fourth-order valence-corrected chi connectivity index (χ4v) is 4.43. The number of aromatic hydroxyl groups is 3. The number of hydrogen-bond donors (Lipinski definition) is 3. The van der Waals surface area contributed by atoms with Crippen LogP contribution in [0.2, 0.25) is 0 Å². The summed E-state index contributed by atoms with van der Waals surface area (Å²) in [5, 5.41) is 29.7. The van der Waals surface area contributed by atoms with Crippen LogP contribution in [0.25, 0.3) is 0 Å². The van der Waals surface area contributed by atoms with Gasteiger partial charge in [0, 0.05) is 0 Å². The van der Waals surface area contributed by atoms with E-state index in [1.165, 1.54) is 0 Å². The summed E-state index contributed by atoms with van der Waals surface area (Å²) in [6.07, 6.45) is 0. The van der Waals surface area contributed by atoms with Crippen molar-refractivity contribution >= 4 is 0 Å². The highest BCUT2D eigenvalue weighted by Gasteiger charge is 2.08. The molecule has 0 radical (unpaired) electrons. The van der Waals surface area contributed by atoms with Crippen LogP contribution >= 0.6 is 0 Å². The Balaban J connectivity index is 1.28. The van der Waals surface area contributed by atoms with Gasteiger partial charge in [-0.1, -0.05) is 74.3 Å². The molecule has 0 saturated carbocycles. The third-order valence-corrected chi connectivity index (χ3v) is 6.73. The lowest BCUT2D eigenvalue weighted by molar-refractivity contribution is 0.127. The second kappa shape index (κ2) is 18.8. The molecule has 0 bridgehead atoms. The summed E-state index contributed by atoms with van der Waals surface area (Å²) in [6, 6.07) is 26.3. The van der Waals surface area contributed by atoms with Gasteiger partial charge in [0.2, 0.25) is 0 Å². The Kier molecular flexibility index (Phi) is 14.0. The summed E-state index contributed by atoms with van der Waals surface area (Å²) in [6.45, 7) is 14.5. The Morgan fingerprint density at radius 3 is 0.958 bits per heavy atom. The minimum absolute atomic E-state index is 0.0678. The Morgan fingerprint density at radius 1 is 0.417 bits per heavy atom. The lowest BCUT2D eigenvalue weighted by Gasteiger charge is -2.14. The first kappa shape index (κ1) is 35.6. The second-order valence-electron chi connectivity index (χ2n) is 11.2. The van der Waals surface area contributed by atoms with Gasteiger partial charge in [-0.2, -0.15) is 0 Å². The molecule has 0 aliphatic carbocycles. The van der Waals surface area contributed by atoms with Crippen molar-refractivity contribution in [2.45, 2.75) is 19.8 Å². The first-order chi connectivity index (χ1) is 23.3. The minimum Gasteiger partial charge on any atom is -0.504 e. The maximum Gasteiger partial charge on any atom is 0.161 e. The molecule has 48 heavy (non-hydrogen) atoms. The molecule has 0 heterocycles. The number of ether oxygens (including phenoxy) is 6. The zero-order valence-electron chi connectivity index (χ0n) is 26.9. The van der Waals surface area contributed by atoms with Gasteiger partial charge in [0.15, 0.2) is 34.5 Å². The van der Waals surface area contributed by atoms with E-state index in [-0.39, 0.29) is 56.9 Å². The minimum atomic E-state index is 0.0678. The standard InChI is InChI=1S/C39H42O9/c1-28(22-46-37-13-7-4-10-34(37)40)19-43-25-31-16-32(26-44-20-29(2)23-47-38-14-8-5-11-35(38)41)18-33(17-31)27-45-21-30(3)24-48-39-15-9-6-12-36(39)42/h4-18,40-42H,1-3,19-27H2. The van der Waals surface area contributed by atoms with Crippen molar-refractivity contribution < 1.29 is 43.7 Å². The van der Waals surface area contributed by atoms with Crippen molar-refractivity contribution in [2.75, 3.05) is 39.6 Å². The van der Waals surface area contributed by atoms with Crippen molar-refractivity contribution in [2.24, 2.45) is 0 Å². The fraction of sp³-hybridized carbons (Fsp3) is 0.231. The Labute approximate surface area is 281 Å². The van der Waals surface area contributed by atoms with Crippen LogP contribution in [0.5, 0.6) is 34.5 Å². The van der Waals surface area contributed by atoms with E-state index >= 15 is 0 Å².